The maximum absolute atomic E-state index is 12.4. The van der Waals surface area contributed by atoms with Crippen LogP contribution < -0.4 is 5.32 Å². The molecule has 1 saturated heterocycles. The Kier molecular flexibility index (Phi) is 5.27. The minimum absolute atomic E-state index is 0.0530. The number of likely N-dealkylation sites (N-methyl/N-ethyl adjacent to an activating group) is 1. The van der Waals surface area contributed by atoms with Crippen LogP contribution >= 0.6 is 0 Å². The van der Waals surface area contributed by atoms with E-state index in [9.17, 15) is 14.9 Å². The number of nitro benzene ring substituents is 1. The molecule has 0 saturated carbocycles. The Morgan fingerprint density at radius 3 is 2.71 bits per heavy atom. The Morgan fingerprint density at radius 1 is 1.38 bits per heavy atom. The fourth-order valence-electron chi connectivity index (χ4n) is 2.79. The number of piperidine rings is 1. The lowest BCUT2D eigenvalue weighted by molar-refractivity contribution is -0.384. The average Bonchev–Trinajstić information content (AvgIpc) is 2.48. The number of carbonyl (C=O) groups is 1. The molecule has 1 aromatic rings. The fourth-order valence-corrected chi connectivity index (χ4v) is 2.79. The molecule has 1 atom stereocenters. The molecular formula is C15H21N3O3. The molecule has 0 bridgehead atoms. The van der Waals surface area contributed by atoms with Gasteiger partial charge in [0.25, 0.3) is 5.69 Å². The van der Waals surface area contributed by atoms with Crippen LogP contribution in [0.3, 0.4) is 0 Å². The molecule has 2 rings (SSSR count). The number of amides is 1. The van der Waals surface area contributed by atoms with Crippen LogP contribution in [-0.2, 0) is 11.2 Å². The smallest absolute Gasteiger partial charge is 0.269 e. The minimum atomic E-state index is -0.431. The average molecular weight is 291 g/mol. The molecule has 6 heteroatoms. The first-order chi connectivity index (χ1) is 10.1. The number of nitrogens with zero attached hydrogens (tertiary/aromatic N) is 2. The first-order valence-electron chi connectivity index (χ1n) is 7.29. The van der Waals surface area contributed by atoms with Gasteiger partial charge < -0.3 is 10.2 Å². The van der Waals surface area contributed by atoms with E-state index in [-0.39, 0.29) is 17.6 Å². The summed E-state index contributed by atoms with van der Waals surface area (Å²) >= 11 is 0. The second-order valence-corrected chi connectivity index (χ2v) is 5.39. The zero-order valence-electron chi connectivity index (χ0n) is 12.2. The Labute approximate surface area is 124 Å². The van der Waals surface area contributed by atoms with Gasteiger partial charge in [-0.3, -0.25) is 14.9 Å². The van der Waals surface area contributed by atoms with E-state index < -0.39 is 4.92 Å². The van der Waals surface area contributed by atoms with Crippen LogP contribution in [0.25, 0.3) is 0 Å². The topological polar surface area (TPSA) is 75.5 Å². The van der Waals surface area contributed by atoms with Crippen LogP contribution in [-0.4, -0.2) is 41.9 Å². The van der Waals surface area contributed by atoms with Crippen molar-refractivity contribution in [3.8, 4) is 0 Å². The van der Waals surface area contributed by atoms with Crippen molar-refractivity contribution in [2.45, 2.75) is 31.7 Å². The fraction of sp³-hybridized carbons (Fsp3) is 0.533. The highest BCUT2D eigenvalue weighted by molar-refractivity contribution is 5.79. The Balaban J connectivity index is 2.00. The van der Waals surface area contributed by atoms with Crippen LogP contribution in [0.1, 0.15) is 24.8 Å². The number of rotatable bonds is 5. The first kappa shape index (κ1) is 15.4. The van der Waals surface area contributed by atoms with Gasteiger partial charge in [-0.05, 0) is 31.9 Å². The van der Waals surface area contributed by atoms with Crippen molar-refractivity contribution in [2.24, 2.45) is 0 Å². The summed E-state index contributed by atoms with van der Waals surface area (Å²) in [7, 11) is 1.90. The molecule has 1 N–H and O–H groups in total. The number of hydrogen-bond acceptors (Lipinski definition) is 4. The number of nitro groups is 1. The summed E-state index contributed by atoms with van der Waals surface area (Å²) in [4.78, 5) is 24.6. The summed E-state index contributed by atoms with van der Waals surface area (Å²) in [6.45, 7) is 1.62. The van der Waals surface area contributed by atoms with Gasteiger partial charge in [0, 0.05) is 31.3 Å². The largest absolute Gasteiger partial charge is 0.338 e. The highest BCUT2D eigenvalue weighted by atomic mass is 16.6. The molecule has 1 unspecified atom stereocenters. The second kappa shape index (κ2) is 7.17. The van der Waals surface area contributed by atoms with Gasteiger partial charge in [-0.15, -0.1) is 0 Å². The van der Waals surface area contributed by atoms with Gasteiger partial charge in [0.15, 0.2) is 0 Å². The van der Waals surface area contributed by atoms with Crippen LogP contribution in [0.15, 0.2) is 24.3 Å². The molecule has 1 aromatic carbocycles. The van der Waals surface area contributed by atoms with E-state index in [2.05, 4.69) is 5.32 Å². The molecule has 21 heavy (non-hydrogen) atoms. The monoisotopic (exact) mass is 291 g/mol. The van der Waals surface area contributed by atoms with Crippen molar-refractivity contribution < 1.29 is 9.72 Å². The molecule has 1 aliphatic rings. The van der Waals surface area contributed by atoms with Crippen molar-refractivity contribution in [1.29, 1.82) is 0 Å². The lowest BCUT2D eigenvalue weighted by Gasteiger charge is -2.36. The van der Waals surface area contributed by atoms with E-state index in [0.717, 1.165) is 37.9 Å². The van der Waals surface area contributed by atoms with Crippen molar-refractivity contribution >= 4 is 11.6 Å². The minimum Gasteiger partial charge on any atom is -0.338 e. The summed E-state index contributed by atoms with van der Waals surface area (Å²) in [5.74, 6) is 0.101. The molecule has 114 valence electrons. The molecule has 6 nitrogen and oxygen atoms in total. The van der Waals surface area contributed by atoms with Gasteiger partial charge in [-0.2, -0.15) is 0 Å². The number of non-ortho nitro benzene ring substituents is 1. The van der Waals surface area contributed by atoms with Crippen LogP contribution in [0, 0.1) is 10.1 Å². The number of carbonyl (C=O) groups excluding carboxylic acids is 1. The summed E-state index contributed by atoms with van der Waals surface area (Å²) < 4.78 is 0. The predicted molar refractivity (Wildman–Crippen MR) is 80.1 cm³/mol. The first-order valence-corrected chi connectivity index (χ1v) is 7.29. The Morgan fingerprint density at radius 2 is 2.10 bits per heavy atom. The van der Waals surface area contributed by atoms with Crippen LogP contribution in [0.4, 0.5) is 5.69 Å². The summed E-state index contributed by atoms with van der Waals surface area (Å²) in [6.07, 6.45) is 3.55. The van der Waals surface area contributed by atoms with Crippen molar-refractivity contribution in [1.82, 2.24) is 10.2 Å². The zero-order chi connectivity index (χ0) is 15.2. The zero-order valence-corrected chi connectivity index (χ0v) is 12.2. The Hall–Kier alpha value is -1.95. The molecular weight excluding hydrogens is 270 g/mol. The van der Waals surface area contributed by atoms with Gasteiger partial charge in [-0.1, -0.05) is 12.1 Å². The standard InChI is InChI=1S/C15H21N3O3/c1-16-11-14-4-2-3-9-17(14)15(19)10-12-5-7-13(8-6-12)18(20)21/h5-8,14,16H,2-4,9-11H2,1H3. The third kappa shape index (κ3) is 4.01. The number of nitrogens with one attached hydrogen (secondary N) is 1. The summed E-state index contributed by atoms with van der Waals surface area (Å²) in [5, 5.41) is 13.8. The maximum Gasteiger partial charge on any atom is 0.269 e. The molecule has 1 heterocycles. The van der Waals surface area contributed by atoms with Gasteiger partial charge in [0.05, 0.1) is 11.3 Å². The van der Waals surface area contributed by atoms with E-state index in [1.165, 1.54) is 12.1 Å². The normalized spacial score (nSPS) is 18.5. The van der Waals surface area contributed by atoms with Gasteiger partial charge >= 0.3 is 0 Å². The van der Waals surface area contributed by atoms with Crippen LogP contribution in [0.2, 0.25) is 0 Å². The molecule has 0 radical (unpaired) electrons. The van der Waals surface area contributed by atoms with Gasteiger partial charge in [0.2, 0.25) is 5.91 Å². The summed E-state index contributed by atoms with van der Waals surface area (Å²) in [5.41, 5.74) is 0.872. The molecule has 0 aromatic heterocycles. The van der Waals surface area contributed by atoms with Crippen LogP contribution in [0.5, 0.6) is 0 Å². The molecule has 0 spiro atoms. The lowest BCUT2D eigenvalue weighted by atomic mass is 10.0. The second-order valence-electron chi connectivity index (χ2n) is 5.39. The van der Waals surface area contributed by atoms with Crippen molar-refractivity contribution in [2.75, 3.05) is 20.1 Å². The van der Waals surface area contributed by atoms with E-state index in [1.807, 2.05) is 11.9 Å². The van der Waals surface area contributed by atoms with E-state index in [1.54, 1.807) is 12.1 Å². The quantitative estimate of drug-likeness (QED) is 0.662. The number of hydrogen-bond donors (Lipinski definition) is 1. The van der Waals surface area contributed by atoms with Crippen molar-refractivity contribution in [3.63, 3.8) is 0 Å². The highest BCUT2D eigenvalue weighted by Crippen LogP contribution is 2.19. The molecule has 0 aliphatic carbocycles. The van der Waals surface area contributed by atoms with Gasteiger partial charge in [0.1, 0.15) is 0 Å². The molecule has 1 amide bonds. The summed E-state index contributed by atoms with van der Waals surface area (Å²) in [6, 6.07) is 6.47. The lowest BCUT2D eigenvalue weighted by Crippen LogP contribution is -2.48. The highest BCUT2D eigenvalue weighted by Gasteiger charge is 2.25. The molecule has 1 fully saturated rings. The van der Waals surface area contributed by atoms with E-state index >= 15 is 0 Å². The van der Waals surface area contributed by atoms with E-state index in [0.29, 0.717) is 6.42 Å². The molecule has 1 aliphatic heterocycles. The Bertz CT molecular complexity index is 499. The maximum atomic E-state index is 12.4. The SMILES string of the molecule is CNCC1CCCCN1C(=O)Cc1ccc([N+](=O)[O-])cc1. The van der Waals surface area contributed by atoms with E-state index in [4.69, 9.17) is 0 Å². The number of benzene rings is 1. The third-order valence-corrected chi connectivity index (χ3v) is 3.89. The van der Waals surface area contributed by atoms with Crippen molar-refractivity contribution in [3.05, 3.63) is 39.9 Å². The van der Waals surface area contributed by atoms with Gasteiger partial charge in [-0.25, -0.2) is 0 Å². The number of likely N-dealkylation sites (tertiary alicyclic amines) is 1. The predicted octanol–water partition coefficient (Wildman–Crippen LogP) is 1.74. The third-order valence-electron chi connectivity index (χ3n) is 3.89.